The number of fused-ring (bicyclic) bond motifs is 3. The van der Waals surface area contributed by atoms with Crippen LogP contribution < -0.4 is 16.0 Å². The van der Waals surface area contributed by atoms with E-state index in [0.717, 1.165) is 73.2 Å². The number of rotatable bonds is 6. The molecule has 44 heavy (non-hydrogen) atoms. The Hall–Kier alpha value is -4.96. The lowest BCUT2D eigenvalue weighted by Crippen LogP contribution is -2.50. The Bertz CT molecular complexity index is 1870. The van der Waals surface area contributed by atoms with Gasteiger partial charge >= 0.3 is 6.09 Å². The van der Waals surface area contributed by atoms with Crippen molar-refractivity contribution in [1.29, 1.82) is 0 Å². The molecule has 1 aliphatic carbocycles. The van der Waals surface area contributed by atoms with Crippen LogP contribution in [-0.2, 0) is 10.3 Å². The third kappa shape index (κ3) is 4.53. The average molecular weight is 588 g/mol. The fourth-order valence-corrected chi connectivity index (χ4v) is 6.99. The van der Waals surface area contributed by atoms with Crippen LogP contribution in [0.3, 0.4) is 0 Å². The lowest BCUT2D eigenvalue weighted by molar-refractivity contribution is 0.0305. The molecule has 1 amide bonds. The maximum absolute atomic E-state index is 11.5. The monoisotopic (exact) mass is 587 g/mol. The van der Waals surface area contributed by atoms with Crippen LogP contribution >= 0.6 is 0 Å². The number of morpholine rings is 1. The van der Waals surface area contributed by atoms with Crippen LogP contribution in [0.2, 0.25) is 0 Å². The van der Waals surface area contributed by atoms with E-state index in [9.17, 15) is 9.90 Å². The van der Waals surface area contributed by atoms with E-state index in [1.165, 1.54) is 5.69 Å². The molecule has 10 heteroatoms. The van der Waals surface area contributed by atoms with Crippen LogP contribution in [0.4, 0.5) is 16.3 Å². The zero-order valence-electron chi connectivity index (χ0n) is 24.2. The quantitative estimate of drug-likeness (QED) is 0.229. The molecule has 4 N–H and O–H groups in total. The van der Waals surface area contributed by atoms with Crippen LogP contribution in [0.1, 0.15) is 37.7 Å². The Morgan fingerprint density at radius 3 is 2.45 bits per heavy atom. The third-order valence-corrected chi connectivity index (χ3v) is 9.37. The Labute approximate surface area is 254 Å². The number of hydrogen-bond donors (Lipinski definition) is 3. The van der Waals surface area contributed by atoms with E-state index in [1.54, 1.807) is 6.20 Å². The lowest BCUT2D eigenvalue weighted by Gasteiger charge is -2.42. The number of nitrogens with one attached hydrogen (secondary N) is 1. The highest BCUT2D eigenvalue weighted by Crippen LogP contribution is 2.42. The number of amides is 1. The van der Waals surface area contributed by atoms with Crippen molar-refractivity contribution in [2.24, 2.45) is 0 Å². The number of nitrogens with two attached hydrogens (primary N) is 1. The van der Waals surface area contributed by atoms with Gasteiger partial charge in [-0.1, -0.05) is 24.3 Å². The number of nitrogens with zero attached hydrogens (tertiary/aromatic N) is 5. The van der Waals surface area contributed by atoms with Crippen molar-refractivity contribution in [3.8, 4) is 28.3 Å². The van der Waals surface area contributed by atoms with Gasteiger partial charge in [-0.3, -0.25) is 4.57 Å². The fourth-order valence-electron chi connectivity index (χ4n) is 6.99. The van der Waals surface area contributed by atoms with Gasteiger partial charge in [0.15, 0.2) is 11.5 Å². The number of carboxylic acid groups (broad SMARTS) is 1. The summed E-state index contributed by atoms with van der Waals surface area (Å²) in [5.41, 5.74) is 12.8. The molecule has 2 saturated heterocycles. The van der Waals surface area contributed by atoms with Crippen LogP contribution in [0.5, 0.6) is 0 Å². The van der Waals surface area contributed by atoms with Crippen molar-refractivity contribution in [2.45, 2.75) is 49.9 Å². The van der Waals surface area contributed by atoms with Crippen LogP contribution in [0, 0.1) is 0 Å². The van der Waals surface area contributed by atoms with Gasteiger partial charge in [-0.05, 0) is 86.2 Å². The fraction of sp³-hybridized carbons (Fsp3) is 0.294. The topological polar surface area (TPSA) is 131 Å². The summed E-state index contributed by atoms with van der Waals surface area (Å²) < 4.78 is 8.07. The number of carbonyl (C=O) groups is 1. The molecule has 2 aromatic carbocycles. The number of anilines is 2. The molecule has 2 unspecified atom stereocenters. The number of ether oxygens (including phenoxy) is 1. The molecule has 2 atom stereocenters. The molecular formula is C34H33N7O3. The predicted molar refractivity (Wildman–Crippen MR) is 169 cm³/mol. The Kier molecular flexibility index (Phi) is 6.26. The van der Waals surface area contributed by atoms with Gasteiger partial charge < -0.3 is 25.8 Å². The molecule has 5 aromatic rings. The van der Waals surface area contributed by atoms with Crippen molar-refractivity contribution in [3.05, 3.63) is 84.6 Å². The second-order valence-electron chi connectivity index (χ2n) is 12.1. The van der Waals surface area contributed by atoms with Gasteiger partial charge in [0.05, 0.1) is 29.0 Å². The highest BCUT2D eigenvalue weighted by molar-refractivity contribution is 5.85. The largest absolute Gasteiger partial charge is 0.465 e. The molecule has 3 fully saturated rings. The summed E-state index contributed by atoms with van der Waals surface area (Å²) >= 11 is 0. The summed E-state index contributed by atoms with van der Waals surface area (Å²) in [5.74, 6) is 1.02. The van der Waals surface area contributed by atoms with E-state index in [0.29, 0.717) is 35.1 Å². The van der Waals surface area contributed by atoms with Gasteiger partial charge in [-0.2, -0.15) is 0 Å². The van der Waals surface area contributed by atoms with E-state index in [4.69, 9.17) is 20.4 Å². The van der Waals surface area contributed by atoms with Crippen molar-refractivity contribution < 1.29 is 14.6 Å². The van der Waals surface area contributed by atoms with Crippen molar-refractivity contribution in [2.75, 3.05) is 23.7 Å². The van der Waals surface area contributed by atoms with Crippen molar-refractivity contribution in [3.63, 3.8) is 0 Å². The number of nitrogen functional groups attached to an aromatic ring is 1. The SMILES string of the molecule is Nc1ncccc1-c1nc2ccc(-c3cccc(N4CC5CCC(C4)O5)c3)nc2n1-c1ccc(C2(NC(=O)O)CCC2)cc1. The first kappa shape index (κ1) is 26.7. The van der Waals surface area contributed by atoms with Crippen molar-refractivity contribution in [1.82, 2.24) is 24.8 Å². The standard InChI is InChI=1S/C34H33N7O3/c35-30-27(6-2-17-36-30)31-38-29-14-13-28(21-4-1-5-24(18-21)40-19-25-11-12-26(20-40)44-25)37-32(29)41(31)23-9-7-22(8-10-23)34(15-3-16-34)39-33(42)43/h1-2,4-10,13-14,17-18,25-26,39H,3,11-12,15-16,19-20H2,(H2,35,36)(H,42,43). The normalized spacial score (nSPS) is 20.4. The molecule has 2 aliphatic heterocycles. The summed E-state index contributed by atoms with van der Waals surface area (Å²) in [6.45, 7) is 1.82. The predicted octanol–water partition coefficient (Wildman–Crippen LogP) is 5.75. The molecule has 3 aromatic heterocycles. The van der Waals surface area contributed by atoms with Gasteiger partial charge in [-0.15, -0.1) is 0 Å². The minimum Gasteiger partial charge on any atom is -0.465 e. The second-order valence-corrected chi connectivity index (χ2v) is 12.1. The molecule has 0 spiro atoms. The molecule has 222 valence electrons. The summed E-state index contributed by atoms with van der Waals surface area (Å²) in [7, 11) is 0. The van der Waals surface area contributed by atoms with E-state index >= 15 is 0 Å². The first-order valence-electron chi connectivity index (χ1n) is 15.2. The number of pyridine rings is 2. The van der Waals surface area contributed by atoms with E-state index in [-0.39, 0.29) is 0 Å². The average Bonchev–Trinajstić information content (AvgIpc) is 3.57. The summed E-state index contributed by atoms with van der Waals surface area (Å²) in [6, 6.07) is 24.3. The van der Waals surface area contributed by atoms with Gasteiger partial charge in [-0.25, -0.2) is 19.7 Å². The third-order valence-electron chi connectivity index (χ3n) is 9.37. The maximum Gasteiger partial charge on any atom is 0.405 e. The summed E-state index contributed by atoms with van der Waals surface area (Å²) in [4.78, 5) is 28.4. The maximum atomic E-state index is 11.5. The first-order chi connectivity index (χ1) is 21.5. The van der Waals surface area contributed by atoms with Gasteiger partial charge in [0.25, 0.3) is 0 Å². The molecule has 10 nitrogen and oxygen atoms in total. The van der Waals surface area contributed by atoms with Crippen LogP contribution in [-0.4, -0.2) is 56.0 Å². The molecule has 8 rings (SSSR count). The zero-order valence-corrected chi connectivity index (χ0v) is 24.2. The zero-order chi connectivity index (χ0) is 29.8. The minimum atomic E-state index is -1.01. The Balaban J connectivity index is 1.22. The van der Waals surface area contributed by atoms with Crippen molar-refractivity contribution >= 4 is 28.8 Å². The highest BCUT2D eigenvalue weighted by atomic mass is 16.5. The number of imidazole rings is 1. The number of aromatic nitrogens is 4. The molecule has 0 radical (unpaired) electrons. The molecule has 3 aliphatic rings. The summed E-state index contributed by atoms with van der Waals surface area (Å²) in [6.07, 6.45) is 6.08. The molecule has 1 saturated carbocycles. The minimum absolute atomic E-state index is 0.310. The van der Waals surface area contributed by atoms with Gasteiger partial charge in [0.2, 0.25) is 0 Å². The first-order valence-corrected chi connectivity index (χ1v) is 15.2. The van der Waals surface area contributed by atoms with Crippen LogP contribution in [0.15, 0.2) is 79.0 Å². The van der Waals surface area contributed by atoms with Gasteiger partial charge in [0.1, 0.15) is 11.3 Å². The smallest absolute Gasteiger partial charge is 0.405 e. The van der Waals surface area contributed by atoms with Crippen LogP contribution in [0.25, 0.3) is 39.5 Å². The second kappa shape index (κ2) is 10.3. The van der Waals surface area contributed by atoms with E-state index < -0.39 is 11.6 Å². The van der Waals surface area contributed by atoms with Gasteiger partial charge in [0, 0.05) is 36.2 Å². The lowest BCUT2D eigenvalue weighted by atomic mass is 9.72. The number of hydrogen-bond acceptors (Lipinski definition) is 7. The molecule has 2 bridgehead atoms. The Morgan fingerprint density at radius 1 is 0.955 bits per heavy atom. The molecule has 5 heterocycles. The number of benzene rings is 2. The summed E-state index contributed by atoms with van der Waals surface area (Å²) in [5, 5.41) is 12.2. The van der Waals surface area contributed by atoms with E-state index in [2.05, 4.69) is 39.5 Å². The van der Waals surface area contributed by atoms with E-state index in [1.807, 2.05) is 53.1 Å². The highest BCUT2D eigenvalue weighted by Gasteiger charge is 2.40. The Morgan fingerprint density at radius 2 is 1.75 bits per heavy atom. The molecular weight excluding hydrogens is 554 g/mol.